The van der Waals surface area contributed by atoms with Crippen LogP contribution >= 0.6 is 22.6 Å². The van der Waals surface area contributed by atoms with Gasteiger partial charge in [-0.2, -0.15) is 0 Å². The summed E-state index contributed by atoms with van der Waals surface area (Å²) in [6, 6.07) is 3.73. The van der Waals surface area contributed by atoms with Gasteiger partial charge in [0.15, 0.2) is 0 Å². The maximum absolute atomic E-state index is 11.2. The maximum atomic E-state index is 11.2. The van der Waals surface area contributed by atoms with Crippen molar-refractivity contribution in [3.63, 3.8) is 0 Å². The second-order valence-corrected chi connectivity index (χ2v) is 4.08. The summed E-state index contributed by atoms with van der Waals surface area (Å²) in [5.74, 6) is -0.459. The van der Waals surface area contributed by atoms with Crippen LogP contribution in [0.4, 0.5) is 0 Å². The minimum atomic E-state index is -0.459. The molecule has 70 valence electrons. The summed E-state index contributed by atoms with van der Waals surface area (Å²) in [6.07, 6.45) is 0. The smallest absolute Gasteiger partial charge is 0.274 e. The molecule has 0 aliphatic heterocycles. The molecule has 0 aliphatic carbocycles. The Balaban J connectivity index is 3.28. The van der Waals surface area contributed by atoms with E-state index < -0.39 is 5.91 Å². The van der Waals surface area contributed by atoms with Crippen molar-refractivity contribution in [3.05, 3.63) is 32.4 Å². The second kappa shape index (κ2) is 4.06. The van der Waals surface area contributed by atoms with Crippen LogP contribution in [-0.4, -0.2) is 11.1 Å². The molecule has 0 bridgehead atoms. The highest BCUT2D eigenvalue weighted by Crippen LogP contribution is 2.17. The number of rotatable bonds is 1. The number of carbonyl (C=O) groups is 1. The van der Waals surface area contributed by atoms with Crippen LogP contribution in [0, 0.1) is 17.4 Å². The number of amides is 1. The van der Waals surface area contributed by atoms with Crippen LogP contribution in [-0.2, 0) is 0 Å². The molecule has 0 aromatic heterocycles. The lowest BCUT2D eigenvalue weighted by Crippen LogP contribution is -2.20. The highest BCUT2D eigenvalue weighted by molar-refractivity contribution is 14.1. The molecule has 3 nitrogen and oxygen atoms in total. The van der Waals surface area contributed by atoms with Crippen molar-refractivity contribution in [2.45, 2.75) is 13.8 Å². The quantitative estimate of drug-likeness (QED) is 0.472. The minimum absolute atomic E-state index is 0.459. The number of hydrogen-bond acceptors (Lipinski definition) is 2. The van der Waals surface area contributed by atoms with Gasteiger partial charge in [-0.05, 0) is 59.7 Å². The van der Waals surface area contributed by atoms with Crippen molar-refractivity contribution in [2.24, 2.45) is 0 Å². The Kier molecular flexibility index (Phi) is 3.27. The molecular formula is C9H10INO2. The van der Waals surface area contributed by atoms with E-state index in [0.29, 0.717) is 5.56 Å². The van der Waals surface area contributed by atoms with E-state index in [1.807, 2.05) is 19.9 Å². The predicted octanol–water partition coefficient (Wildman–Crippen LogP) is 2.03. The van der Waals surface area contributed by atoms with Crippen LogP contribution < -0.4 is 5.48 Å². The molecule has 0 saturated heterocycles. The van der Waals surface area contributed by atoms with Crippen molar-refractivity contribution < 1.29 is 10.0 Å². The van der Waals surface area contributed by atoms with Crippen LogP contribution in [0.3, 0.4) is 0 Å². The Morgan fingerprint density at radius 1 is 1.46 bits per heavy atom. The summed E-state index contributed by atoms with van der Waals surface area (Å²) < 4.78 is 0.985. The minimum Gasteiger partial charge on any atom is -0.288 e. The van der Waals surface area contributed by atoms with E-state index in [0.717, 1.165) is 14.7 Å². The van der Waals surface area contributed by atoms with Gasteiger partial charge in [0.2, 0.25) is 0 Å². The van der Waals surface area contributed by atoms with Crippen molar-refractivity contribution in [2.75, 3.05) is 0 Å². The van der Waals surface area contributed by atoms with Crippen molar-refractivity contribution in [1.82, 2.24) is 5.48 Å². The zero-order valence-corrected chi connectivity index (χ0v) is 9.55. The fourth-order valence-electron chi connectivity index (χ4n) is 1.11. The van der Waals surface area contributed by atoms with E-state index in [1.165, 1.54) is 0 Å². The average Bonchev–Trinajstić information content (AvgIpc) is 2.10. The number of hydroxylamine groups is 1. The van der Waals surface area contributed by atoms with E-state index in [1.54, 1.807) is 11.5 Å². The van der Waals surface area contributed by atoms with E-state index in [-0.39, 0.29) is 0 Å². The summed E-state index contributed by atoms with van der Waals surface area (Å²) >= 11 is 2.14. The first-order valence-electron chi connectivity index (χ1n) is 3.77. The Bertz CT molecular complexity index is 350. The lowest BCUT2D eigenvalue weighted by molar-refractivity contribution is 0.0705. The first-order valence-corrected chi connectivity index (χ1v) is 4.85. The number of benzene rings is 1. The molecule has 0 heterocycles. The van der Waals surface area contributed by atoms with Gasteiger partial charge in [-0.1, -0.05) is 0 Å². The highest BCUT2D eigenvalue weighted by atomic mass is 127. The van der Waals surface area contributed by atoms with Gasteiger partial charge in [-0.3, -0.25) is 10.0 Å². The molecule has 0 aliphatic rings. The summed E-state index contributed by atoms with van der Waals surface area (Å²) in [5.41, 5.74) is 4.10. The Hall–Kier alpha value is -0.620. The van der Waals surface area contributed by atoms with Gasteiger partial charge in [0.05, 0.1) is 0 Å². The molecule has 1 aromatic carbocycles. The van der Waals surface area contributed by atoms with Gasteiger partial charge in [-0.15, -0.1) is 0 Å². The Labute approximate surface area is 90.2 Å². The first-order chi connectivity index (χ1) is 6.06. The Morgan fingerprint density at radius 2 is 2.08 bits per heavy atom. The third kappa shape index (κ3) is 2.19. The molecule has 0 unspecified atom stereocenters. The zero-order chi connectivity index (χ0) is 10.0. The van der Waals surface area contributed by atoms with E-state index in [9.17, 15) is 4.79 Å². The van der Waals surface area contributed by atoms with Crippen molar-refractivity contribution in [3.8, 4) is 0 Å². The molecule has 13 heavy (non-hydrogen) atoms. The summed E-state index contributed by atoms with van der Waals surface area (Å²) in [4.78, 5) is 11.2. The monoisotopic (exact) mass is 291 g/mol. The van der Waals surface area contributed by atoms with Crippen LogP contribution in [0.2, 0.25) is 0 Å². The average molecular weight is 291 g/mol. The molecule has 0 fully saturated rings. The molecule has 4 heteroatoms. The highest BCUT2D eigenvalue weighted by Gasteiger charge is 2.10. The molecule has 0 radical (unpaired) electrons. The van der Waals surface area contributed by atoms with Crippen LogP contribution in [0.5, 0.6) is 0 Å². The number of carbonyl (C=O) groups excluding carboxylic acids is 1. The van der Waals surface area contributed by atoms with Gasteiger partial charge < -0.3 is 0 Å². The maximum Gasteiger partial charge on any atom is 0.274 e. The number of hydrogen-bond donors (Lipinski definition) is 2. The lowest BCUT2D eigenvalue weighted by atomic mass is 10.0. The number of nitrogens with one attached hydrogen (secondary N) is 1. The topological polar surface area (TPSA) is 49.3 Å². The normalized spacial score (nSPS) is 9.85. The molecular weight excluding hydrogens is 281 g/mol. The molecule has 0 spiro atoms. The SMILES string of the molecule is Cc1cc(I)cc(C(=O)NO)c1C. The summed E-state index contributed by atoms with van der Waals surface area (Å²) in [7, 11) is 0. The third-order valence-electron chi connectivity index (χ3n) is 1.98. The van der Waals surface area contributed by atoms with Gasteiger partial charge >= 0.3 is 0 Å². The number of halogens is 1. The van der Waals surface area contributed by atoms with Crippen LogP contribution in [0.15, 0.2) is 12.1 Å². The van der Waals surface area contributed by atoms with Crippen molar-refractivity contribution >= 4 is 28.5 Å². The molecule has 1 aromatic rings. The van der Waals surface area contributed by atoms with Crippen LogP contribution in [0.25, 0.3) is 0 Å². The van der Waals surface area contributed by atoms with Gasteiger partial charge in [0, 0.05) is 9.13 Å². The molecule has 1 amide bonds. The standard InChI is InChI=1S/C9H10INO2/c1-5-3-7(10)4-8(6(5)2)9(12)11-13/h3-4,13H,1-2H3,(H,11,12). The second-order valence-electron chi connectivity index (χ2n) is 2.84. The van der Waals surface area contributed by atoms with E-state index in [2.05, 4.69) is 22.6 Å². The largest absolute Gasteiger partial charge is 0.288 e. The first kappa shape index (κ1) is 10.5. The van der Waals surface area contributed by atoms with E-state index in [4.69, 9.17) is 5.21 Å². The van der Waals surface area contributed by atoms with Gasteiger partial charge in [-0.25, -0.2) is 5.48 Å². The predicted molar refractivity (Wildman–Crippen MR) is 57.9 cm³/mol. The lowest BCUT2D eigenvalue weighted by Gasteiger charge is -2.07. The summed E-state index contributed by atoms with van der Waals surface area (Å²) in [6.45, 7) is 3.79. The number of aryl methyl sites for hydroxylation is 1. The van der Waals surface area contributed by atoms with Crippen LogP contribution in [0.1, 0.15) is 21.5 Å². The van der Waals surface area contributed by atoms with Gasteiger partial charge in [0.25, 0.3) is 5.91 Å². The van der Waals surface area contributed by atoms with Gasteiger partial charge in [0.1, 0.15) is 0 Å². The van der Waals surface area contributed by atoms with E-state index >= 15 is 0 Å². The Morgan fingerprint density at radius 3 is 2.62 bits per heavy atom. The third-order valence-corrected chi connectivity index (χ3v) is 2.60. The molecule has 2 N–H and O–H groups in total. The molecule has 1 rings (SSSR count). The fraction of sp³-hybridized carbons (Fsp3) is 0.222. The molecule has 0 saturated carbocycles. The van der Waals surface area contributed by atoms with Crippen molar-refractivity contribution in [1.29, 1.82) is 0 Å². The zero-order valence-electron chi connectivity index (χ0n) is 7.39. The summed E-state index contributed by atoms with van der Waals surface area (Å²) in [5, 5.41) is 8.49. The molecule has 0 atom stereocenters. The fourth-order valence-corrected chi connectivity index (χ4v) is 1.89.